The SMILES string of the molecule is CCCN(CCC)CCc1ccc2[nH]c(=O)sc2c1. The summed E-state index contributed by atoms with van der Waals surface area (Å²) in [5, 5.41) is 0. The monoisotopic (exact) mass is 278 g/mol. The molecule has 1 aromatic heterocycles. The molecule has 0 unspecified atom stereocenters. The highest BCUT2D eigenvalue weighted by atomic mass is 32.1. The number of hydrogen-bond donors (Lipinski definition) is 1. The van der Waals surface area contributed by atoms with Crippen LogP contribution in [0.25, 0.3) is 10.2 Å². The van der Waals surface area contributed by atoms with Crippen LogP contribution in [0.3, 0.4) is 0 Å². The van der Waals surface area contributed by atoms with Crippen molar-refractivity contribution in [3.63, 3.8) is 0 Å². The van der Waals surface area contributed by atoms with Gasteiger partial charge < -0.3 is 9.88 Å². The first-order valence-corrected chi connectivity index (χ1v) is 7.88. The lowest BCUT2D eigenvalue weighted by Crippen LogP contribution is -2.27. The van der Waals surface area contributed by atoms with E-state index in [-0.39, 0.29) is 4.87 Å². The van der Waals surface area contributed by atoms with Gasteiger partial charge in [-0.25, -0.2) is 0 Å². The van der Waals surface area contributed by atoms with Gasteiger partial charge in [0, 0.05) is 6.54 Å². The molecule has 0 saturated carbocycles. The summed E-state index contributed by atoms with van der Waals surface area (Å²) in [5.41, 5.74) is 2.28. The molecule has 0 amide bonds. The van der Waals surface area contributed by atoms with Crippen LogP contribution in [0.15, 0.2) is 23.0 Å². The molecule has 104 valence electrons. The van der Waals surface area contributed by atoms with E-state index < -0.39 is 0 Å². The molecule has 0 radical (unpaired) electrons. The Morgan fingerprint density at radius 3 is 2.58 bits per heavy atom. The third kappa shape index (κ3) is 3.91. The van der Waals surface area contributed by atoms with Crippen LogP contribution in [-0.4, -0.2) is 29.5 Å². The molecule has 2 rings (SSSR count). The largest absolute Gasteiger partial charge is 0.312 e. The van der Waals surface area contributed by atoms with Crippen LogP contribution in [0.4, 0.5) is 0 Å². The molecule has 0 fully saturated rings. The van der Waals surface area contributed by atoms with Crippen molar-refractivity contribution in [3.05, 3.63) is 33.4 Å². The van der Waals surface area contributed by atoms with Gasteiger partial charge in [0.1, 0.15) is 0 Å². The number of aromatic amines is 1. The van der Waals surface area contributed by atoms with Crippen molar-refractivity contribution in [2.75, 3.05) is 19.6 Å². The van der Waals surface area contributed by atoms with E-state index in [9.17, 15) is 4.79 Å². The van der Waals surface area contributed by atoms with Gasteiger partial charge in [0.25, 0.3) is 0 Å². The van der Waals surface area contributed by atoms with Gasteiger partial charge in [-0.1, -0.05) is 31.3 Å². The third-order valence-electron chi connectivity index (χ3n) is 3.28. The fourth-order valence-corrected chi connectivity index (χ4v) is 3.20. The van der Waals surface area contributed by atoms with E-state index in [1.807, 2.05) is 6.07 Å². The third-order valence-corrected chi connectivity index (χ3v) is 4.13. The van der Waals surface area contributed by atoms with Crippen molar-refractivity contribution in [1.29, 1.82) is 0 Å². The van der Waals surface area contributed by atoms with E-state index in [4.69, 9.17) is 0 Å². The molecule has 0 aliphatic heterocycles. The second-order valence-corrected chi connectivity index (χ2v) is 5.95. The minimum atomic E-state index is 0.0331. The Hall–Kier alpha value is -1.13. The van der Waals surface area contributed by atoms with Crippen molar-refractivity contribution < 1.29 is 0 Å². The number of hydrogen-bond acceptors (Lipinski definition) is 3. The molecule has 0 aliphatic rings. The Morgan fingerprint density at radius 2 is 1.89 bits per heavy atom. The van der Waals surface area contributed by atoms with Gasteiger partial charge >= 0.3 is 4.87 Å². The van der Waals surface area contributed by atoms with Gasteiger partial charge in [0.05, 0.1) is 10.2 Å². The molecule has 1 aromatic carbocycles. The first-order chi connectivity index (χ1) is 9.22. The molecule has 19 heavy (non-hydrogen) atoms. The Labute approximate surface area is 118 Å². The number of benzene rings is 1. The zero-order valence-electron chi connectivity index (χ0n) is 11.7. The molecule has 0 saturated heterocycles. The lowest BCUT2D eigenvalue weighted by atomic mass is 10.1. The Morgan fingerprint density at radius 1 is 1.16 bits per heavy atom. The minimum Gasteiger partial charge on any atom is -0.312 e. The molecule has 0 spiro atoms. The summed E-state index contributed by atoms with van der Waals surface area (Å²) in [4.78, 5) is 16.7. The van der Waals surface area contributed by atoms with Crippen molar-refractivity contribution >= 4 is 21.6 Å². The normalized spacial score (nSPS) is 11.5. The molecular weight excluding hydrogens is 256 g/mol. The molecule has 0 bridgehead atoms. The number of nitrogens with one attached hydrogen (secondary N) is 1. The van der Waals surface area contributed by atoms with Gasteiger partial charge in [-0.2, -0.15) is 0 Å². The zero-order valence-corrected chi connectivity index (χ0v) is 12.6. The van der Waals surface area contributed by atoms with Crippen molar-refractivity contribution in [3.8, 4) is 0 Å². The summed E-state index contributed by atoms with van der Waals surface area (Å²) in [7, 11) is 0. The highest BCUT2D eigenvalue weighted by Gasteiger charge is 2.05. The minimum absolute atomic E-state index is 0.0331. The van der Waals surface area contributed by atoms with Crippen molar-refractivity contribution in [2.24, 2.45) is 0 Å². The number of thiazole rings is 1. The molecule has 2 aromatic rings. The number of rotatable bonds is 7. The second-order valence-electron chi connectivity index (χ2n) is 4.94. The average Bonchev–Trinajstić information content (AvgIpc) is 2.75. The van der Waals surface area contributed by atoms with Crippen LogP contribution < -0.4 is 4.87 Å². The Kier molecular flexibility index (Phi) is 5.16. The molecule has 3 nitrogen and oxygen atoms in total. The first-order valence-electron chi connectivity index (χ1n) is 7.07. The van der Waals surface area contributed by atoms with Crippen LogP contribution in [0, 0.1) is 0 Å². The number of aromatic nitrogens is 1. The maximum absolute atomic E-state index is 11.3. The fourth-order valence-electron chi connectivity index (χ4n) is 2.40. The van der Waals surface area contributed by atoms with Crippen LogP contribution in [0.1, 0.15) is 32.3 Å². The molecule has 0 atom stereocenters. The standard InChI is InChI=1S/C15H22N2OS/c1-3-8-17(9-4-2)10-7-12-5-6-13-14(11-12)19-15(18)16-13/h5-6,11H,3-4,7-10H2,1-2H3,(H,16,18). The van der Waals surface area contributed by atoms with E-state index in [1.54, 1.807) is 0 Å². The summed E-state index contributed by atoms with van der Waals surface area (Å²) in [6, 6.07) is 6.29. The van der Waals surface area contributed by atoms with Gasteiger partial charge in [0.2, 0.25) is 0 Å². The fraction of sp³-hybridized carbons (Fsp3) is 0.533. The predicted octanol–water partition coefficient (Wildman–Crippen LogP) is 3.25. The lowest BCUT2D eigenvalue weighted by Gasteiger charge is -2.20. The van der Waals surface area contributed by atoms with E-state index in [0.717, 1.165) is 23.2 Å². The second kappa shape index (κ2) is 6.87. The maximum Gasteiger partial charge on any atom is 0.305 e. The van der Waals surface area contributed by atoms with E-state index in [2.05, 4.69) is 35.9 Å². The highest BCUT2D eigenvalue weighted by Crippen LogP contribution is 2.16. The van der Waals surface area contributed by atoms with Crippen LogP contribution in [-0.2, 0) is 6.42 Å². The van der Waals surface area contributed by atoms with Crippen molar-refractivity contribution in [2.45, 2.75) is 33.1 Å². The summed E-state index contributed by atoms with van der Waals surface area (Å²) >= 11 is 1.30. The highest BCUT2D eigenvalue weighted by molar-refractivity contribution is 7.16. The maximum atomic E-state index is 11.3. The van der Waals surface area contributed by atoms with Gasteiger partial charge in [-0.3, -0.25) is 4.79 Å². The average molecular weight is 278 g/mol. The van der Waals surface area contributed by atoms with Crippen LogP contribution >= 0.6 is 11.3 Å². The van der Waals surface area contributed by atoms with E-state index in [0.29, 0.717) is 0 Å². The van der Waals surface area contributed by atoms with Gasteiger partial charge in [-0.05, 0) is 50.0 Å². The van der Waals surface area contributed by atoms with E-state index >= 15 is 0 Å². The van der Waals surface area contributed by atoms with Crippen molar-refractivity contribution in [1.82, 2.24) is 9.88 Å². The number of H-pyrrole nitrogens is 1. The molecular formula is C15H22N2OS. The molecule has 1 N–H and O–H groups in total. The zero-order chi connectivity index (χ0) is 13.7. The number of nitrogens with zero attached hydrogens (tertiary/aromatic N) is 1. The summed E-state index contributed by atoms with van der Waals surface area (Å²) < 4.78 is 1.07. The summed E-state index contributed by atoms with van der Waals surface area (Å²) in [6.45, 7) is 7.91. The molecule has 0 aliphatic carbocycles. The van der Waals surface area contributed by atoms with Gasteiger partial charge in [0.15, 0.2) is 0 Å². The smallest absolute Gasteiger partial charge is 0.305 e. The van der Waals surface area contributed by atoms with E-state index in [1.165, 1.54) is 42.8 Å². The quantitative estimate of drug-likeness (QED) is 0.844. The first kappa shape index (κ1) is 14.3. The molecule has 1 heterocycles. The van der Waals surface area contributed by atoms with Gasteiger partial charge in [-0.15, -0.1) is 0 Å². The summed E-state index contributed by atoms with van der Waals surface area (Å²) in [6.07, 6.45) is 3.47. The Balaban J connectivity index is 2.01. The molecule has 4 heteroatoms. The lowest BCUT2D eigenvalue weighted by molar-refractivity contribution is 0.278. The van der Waals surface area contributed by atoms with Crippen LogP contribution in [0.2, 0.25) is 0 Å². The Bertz CT molecular complexity index is 567. The predicted molar refractivity (Wildman–Crippen MR) is 83.2 cm³/mol. The topological polar surface area (TPSA) is 36.1 Å². The summed E-state index contributed by atoms with van der Waals surface area (Å²) in [5.74, 6) is 0. The van der Waals surface area contributed by atoms with Crippen LogP contribution in [0.5, 0.6) is 0 Å². The number of fused-ring (bicyclic) bond motifs is 1.